The number of nitrogens with one attached hydrogen (secondary N) is 1. The van der Waals surface area contributed by atoms with Crippen molar-refractivity contribution in [2.75, 3.05) is 13.7 Å². The Hall–Kier alpha value is -1.39. The summed E-state index contributed by atoms with van der Waals surface area (Å²) in [6.07, 6.45) is 0.329. The summed E-state index contributed by atoms with van der Waals surface area (Å²) in [4.78, 5) is 11.8. The van der Waals surface area contributed by atoms with Crippen LogP contribution >= 0.6 is 0 Å². The van der Waals surface area contributed by atoms with Gasteiger partial charge in [-0.1, -0.05) is 44.2 Å². The van der Waals surface area contributed by atoms with Crippen LogP contribution in [0.4, 0.5) is 0 Å². The molecule has 2 atom stereocenters. The quantitative estimate of drug-likeness (QED) is 0.790. The maximum absolute atomic E-state index is 11.8. The Morgan fingerprint density at radius 3 is 2.47 bits per heavy atom. The van der Waals surface area contributed by atoms with E-state index in [0.29, 0.717) is 18.9 Å². The topological polar surface area (TPSA) is 64.3 Å². The van der Waals surface area contributed by atoms with Gasteiger partial charge in [0.15, 0.2) is 0 Å². The fourth-order valence-electron chi connectivity index (χ4n) is 1.90. The van der Waals surface area contributed by atoms with E-state index in [1.165, 1.54) is 0 Å². The zero-order valence-electron chi connectivity index (χ0n) is 11.9. The monoisotopic (exact) mass is 264 g/mol. The molecule has 1 aromatic rings. The number of rotatable bonds is 7. The van der Waals surface area contributed by atoms with Crippen LogP contribution in [0.5, 0.6) is 0 Å². The molecule has 0 radical (unpaired) electrons. The van der Waals surface area contributed by atoms with Gasteiger partial charge in [-0.05, 0) is 11.5 Å². The average molecular weight is 264 g/mol. The third-order valence-electron chi connectivity index (χ3n) is 3.18. The van der Waals surface area contributed by atoms with E-state index in [4.69, 9.17) is 10.5 Å². The molecule has 1 amide bonds. The van der Waals surface area contributed by atoms with Gasteiger partial charge in [0.1, 0.15) is 0 Å². The second-order valence-electron chi connectivity index (χ2n) is 5.04. The summed E-state index contributed by atoms with van der Waals surface area (Å²) in [5, 5.41) is 2.87. The molecule has 0 aliphatic rings. The van der Waals surface area contributed by atoms with Crippen LogP contribution in [0.15, 0.2) is 30.3 Å². The molecule has 0 aromatic heterocycles. The molecule has 1 aromatic carbocycles. The SMILES string of the molecule is COC(CNC(=O)CC(N)c1ccccc1)C(C)C. The van der Waals surface area contributed by atoms with Crippen molar-refractivity contribution in [2.45, 2.75) is 32.4 Å². The van der Waals surface area contributed by atoms with Crippen molar-refractivity contribution in [1.82, 2.24) is 5.32 Å². The number of methoxy groups -OCH3 is 1. The zero-order chi connectivity index (χ0) is 14.3. The first kappa shape index (κ1) is 15.7. The molecule has 0 fully saturated rings. The predicted molar refractivity (Wildman–Crippen MR) is 76.6 cm³/mol. The standard InChI is InChI=1S/C15H24N2O2/c1-11(2)14(19-3)10-17-15(18)9-13(16)12-7-5-4-6-8-12/h4-8,11,13-14H,9-10,16H2,1-3H3,(H,17,18). The van der Waals surface area contributed by atoms with Crippen molar-refractivity contribution >= 4 is 5.91 Å². The van der Waals surface area contributed by atoms with Gasteiger partial charge in [0, 0.05) is 26.1 Å². The van der Waals surface area contributed by atoms with E-state index in [2.05, 4.69) is 19.2 Å². The van der Waals surface area contributed by atoms with Crippen LogP contribution in [0.3, 0.4) is 0 Å². The van der Waals surface area contributed by atoms with Gasteiger partial charge in [-0.2, -0.15) is 0 Å². The van der Waals surface area contributed by atoms with Gasteiger partial charge < -0.3 is 15.8 Å². The Bertz CT molecular complexity index is 379. The first-order valence-corrected chi connectivity index (χ1v) is 6.64. The molecule has 0 aliphatic heterocycles. The van der Waals surface area contributed by atoms with Crippen LogP contribution < -0.4 is 11.1 Å². The number of carbonyl (C=O) groups excluding carboxylic acids is 1. The molecule has 1 rings (SSSR count). The molecule has 2 unspecified atom stereocenters. The summed E-state index contributed by atoms with van der Waals surface area (Å²) in [7, 11) is 1.66. The third-order valence-corrected chi connectivity index (χ3v) is 3.18. The van der Waals surface area contributed by atoms with Crippen LogP contribution in [0.2, 0.25) is 0 Å². The van der Waals surface area contributed by atoms with E-state index in [-0.39, 0.29) is 18.1 Å². The first-order valence-electron chi connectivity index (χ1n) is 6.64. The second kappa shape index (κ2) is 7.92. The second-order valence-corrected chi connectivity index (χ2v) is 5.04. The lowest BCUT2D eigenvalue weighted by Gasteiger charge is -2.20. The minimum atomic E-state index is -0.263. The van der Waals surface area contributed by atoms with Gasteiger partial charge in [-0.25, -0.2) is 0 Å². The molecule has 0 saturated carbocycles. The highest BCUT2D eigenvalue weighted by Gasteiger charge is 2.15. The number of ether oxygens (including phenoxy) is 1. The van der Waals surface area contributed by atoms with Crippen molar-refractivity contribution in [3.63, 3.8) is 0 Å². The zero-order valence-corrected chi connectivity index (χ0v) is 11.9. The van der Waals surface area contributed by atoms with Crippen molar-refractivity contribution in [1.29, 1.82) is 0 Å². The van der Waals surface area contributed by atoms with E-state index in [0.717, 1.165) is 5.56 Å². The highest BCUT2D eigenvalue weighted by atomic mass is 16.5. The Morgan fingerprint density at radius 2 is 1.95 bits per heavy atom. The minimum absolute atomic E-state index is 0.0388. The molecule has 0 bridgehead atoms. The third kappa shape index (κ3) is 5.41. The Kier molecular flexibility index (Phi) is 6.53. The summed E-state index contributed by atoms with van der Waals surface area (Å²) in [5.74, 6) is 0.326. The van der Waals surface area contributed by atoms with Crippen LogP contribution in [-0.2, 0) is 9.53 Å². The molecule has 0 spiro atoms. The summed E-state index contributed by atoms with van der Waals surface area (Å²) in [5.41, 5.74) is 6.98. The van der Waals surface area contributed by atoms with E-state index < -0.39 is 0 Å². The van der Waals surface area contributed by atoms with E-state index in [1.54, 1.807) is 7.11 Å². The Balaban J connectivity index is 2.39. The van der Waals surface area contributed by atoms with Crippen molar-refractivity contribution in [3.8, 4) is 0 Å². The van der Waals surface area contributed by atoms with Crippen LogP contribution in [-0.4, -0.2) is 25.7 Å². The molecule has 0 heterocycles. The molecular formula is C15H24N2O2. The minimum Gasteiger partial charge on any atom is -0.379 e. The normalized spacial score (nSPS) is 14.2. The van der Waals surface area contributed by atoms with Gasteiger partial charge in [-0.3, -0.25) is 4.79 Å². The number of carbonyl (C=O) groups is 1. The summed E-state index contributed by atoms with van der Waals surface area (Å²) < 4.78 is 5.31. The fraction of sp³-hybridized carbons (Fsp3) is 0.533. The molecule has 106 valence electrons. The molecule has 0 saturated heterocycles. The number of amides is 1. The van der Waals surface area contributed by atoms with Crippen molar-refractivity contribution in [2.24, 2.45) is 11.7 Å². The van der Waals surface area contributed by atoms with Gasteiger partial charge >= 0.3 is 0 Å². The number of benzene rings is 1. The smallest absolute Gasteiger partial charge is 0.221 e. The van der Waals surface area contributed by atoms with E-state index >= 15 is 0 Å². The highest BCUT2D eigenvalue weighted by molar-refractivity contribution is 5.76. The largest absolute Gasteiger partial charge is 0.379 e. The molecule has 4 heteroatoms. The average Bonchev–Trinajstić information content (AvgIpc) is 2.40. The van der Waals surface area contributed by atoms with Crippen molar-refractivity contribution < 1.29 is 9.53 Å². The van der Waals surface area contributed by atoms with Gasteiger partial charge in [-0.15, -0.1) is 0 Å². The fourth-order valence-corrected chi connectivity index (χ4v) is 1.90. The summed E-state index contributed by atoms with van der Waals surface area (Å²) in [6, 6.07) is 9.39. The maximum atomic E-state index is 11.8. The first-order chi connectivity index (χ1) is 9.04. The molecule has 0 aliphatic carbocycles. The molecule has 4 nitrogen and oxygen atoms in total. The number of hydrogen-bond donors (Lipinski definition) is 2. The number of hydrogen-bond acceptors (Lipinski definition) is 3. The molecule has 19 heavy (non-hydrogen) atoms. The van der Waals surface area contributed by atoms with E-state index in [9.17, 15) is 4.79 Å². The lowest BCUT2D eigenvalue weighted by molar-refractivity contribution is -0.122. The van der Waals surface area contributed by atoms with Crippen LogP contribution in [0.1, 0.15) is 31.9 Å². The van der Waals surface area contributed by atoms with Gasteiger partial charge in [0.25, 0.3) is 0 Å². The Morgan fingerprint density at radius 1 is 1.32 bits per heavy atom. The van der Waals surface area contributed by atoms with Crippen molar-refractivity contribution in [3.05, 3.63) is 35.9 Å². The molecular weight excluding hydrogens is 240 g/mol. The lowest BCUT2D eigenvalue weighted by atomic mass is 10.0. The lowest BCUT2D eigenvalue weighted by Crippen LogP contribution is -2.37. The Labute approximate surface area is 115 Å². The number of nitrogens with two attached hydrogens (primary N) is 1. The van der Waals surface area contributed by atoms with Crippen LogP contribution in [0, 0.1) is 5.92 Å². The molecule has 3 N–H and O–H groups in total. The predicted octanol–water partition coefficient (Wildman–Crippen LogP) is 1.86. The van der Waals surface area contributed by atoms with Gasteiger partial charge in [0.2, 0.25) is 5.91 Å². The summed E-state index contributed by atoms with van der Waals surface area (Å²) >= 11 is 0. The van der Waals surface area contributed by atoms with Crippen LogP contribution in [0.25, 0.3) is 0 Å². The van der Waals surface area contributed by atoms with Gasteiger partial charge in [0.05, 0.1) is 6.10 Å². The maximum Gasteiger partial charge on any atom is 0.221 e. The van der Waals surface area contributed by atoms with E-state index in [1.807, 2.05) is 30.3 Å². The summed E-state index contributed by atoms with van der Waals surface area (Å²) in [6.45, 7) is 4.65. The highest BCUT2D eigenvalue weighted by Crippen LogP contribution is 2.13.